The molecule has 0 N–H and O–H groups in total. The zero-order valence-corrected chi connectivity index (χ0v) is 11.0. The van der Waals surface area contributed by atoms with Gasteiger partial charge in [-0.2, -0.15) is 5.26 Å². The molecule has 1 amide bonds. The number of carbonyl (C=O) groups excluding carboxylic acids is 1. The van der Waals surface area contributed by atoms with Crippen LogP contribution < -0.4 is 0 Å². The first-order valence-corrected chi connectivity index (χ1v) is 6.44. The van der Waals surface area contributed by atoms with Crippen molar-refractivity contribution in [2.45, 2.75) is 12.8 Å². The Morgan fingerprint density at radius 3 is 3.06 bits per heavy atom. The van der Waals surface area contributed by atoms with Crippen molar-refractivity contribution < 1.29 is 4.79 Å². The van der Waals surface area contributed by atoms with Gasteiger partial charge in [0.25, 0.3) is 5.91 Å². The van der Waals surface area contributed by atoms with Crippen molar-refractivity contribution in [1.29, 1.82) is 5.26 Å². The second-order valence-electron chi connectivity index (χ2n) is 4.23. The minimum atomic E-state index is -0.0140. The molecular formula is C13H13BrN2O. The highest BCUT2D eigenvalue weighted by Gasteiger charge is 2.24. The van der Waals surface area contributed by atoms with E-state index in [1.165, 1.54) is 0 Å². The number of piperidine rings is 1. The van der Waals surface area contributed by atoms with Gasteiger partial charge in [-0.25, -0.2) is 0 Å². The molecule has 1 heterocycles. The van der Waals surface area contributed by atoms with Crippen molar-refractivity contribution >= 4 is 21.8 Å². The summed E-state index contributed by atoms with van der Waals surface area (Å²) in [7, 11) is 0. The summed E-state index contributed by atoms with van der Waals surface area (Å²) < 4.78 is 0.900. The lowest BCUT2D eigenvalue weighted by Crippen LogP contribution is -2.39. The fraction of sp³-hybridized carbons (Fsp3) is 0.385. The third-order valence-electron chi connectivity index (χ3n) is 2.96. The molecule has 0 spiro atoms. The zero-order chi connectivity index (χ0) is 12.3. The molecule has 1 aromatic rings. The molecule has 1 aliphatic rings. The summed E-state index contributed by atoms with van der Waals surface area (Å²) in [5, 5.41) is 8.91. The average Bonchev–Trinajstić information content (AvgIpc) is 2.38. The van der Waals surface area contributed by atoms with Gasteiger partial charge in [0.2, 0.25) is 0 Å². The van der Waals surface area contributed by atoms with E-state index in [4.69, 9.17) is 5.26 Å². The number of rotatable bonds is 1. The Kier molecular flexibility index (Phi) is 3.80. The number of carbonyl (C=O) groups is 1. The van der Waals surface area contributed by atoms with Crippen LogP contribution in [-0.4, -0.2) is 23.9 Å². The molecule has 1 aromatic carbocycles. The Hall–Kier alpha value is -1.34. The number of hydrogen-bond donors (Lipinski definition) is 0. The molecular weight excluding hydrogens is 280 g/mol. The number of nitriles is 1. The van der Waals surface area contributed by atoms with E-state index < -0.39 is 0 Å². The number of halogens is 1. The Balaban J connectivity index is 2.12. The summed E-state index contributed by atoms with van der Waals surface area (Å²) in [4.78, 5) is 14.0. The summed E-state index contributed by atoms with van der Waals surface area (Å²) in [5.41, 5.74) is 0.679. The third-order valence-corrected chi connectivity index (χ3v) is 3.46. The van der Waals surface area contributed by atoms with E-state index in [-0.39, 0.29) is 11.8 Å². The van der Waals surface area contributed by atoms with E-state index >= 15 is 0 Å². The summed E-state index contributed by atoms with van der Waals surface area (Å²) in [5.74, 6) is 0.00565. The maximum absolute atomic E-state index is 12.2. The number of benzene rings is 1. The van der Waals surface area contributed by atoms with Crippen LogP contribution in [0.2, 0.25) is 0 Å². The Bertz CT molecular complexity index is 467. The second-order valence-corrected chi connectivity index (χ2v) is 5.15. The monoisotopic (exact) mass is 292 g/mol. The van der Waals surface area contributed by atoms with Gasteiger partial charge in [-0.05, 0) is 31.0 Å². The molecule has 1 unspecified atom stereocenters. The van der Waals surface area contributed by atoms with Crippen molar-refractivity contribution in [2.75, 3.05) is 13.1 Å². The number of amides is 1. The molecule has 1 atom stereocenters. The number of hydrogen-bond acceptors (Lipinski definition) is 2. The highest BCUT2D eigenvalue weighted by molar-refractivity contribution is 9.10. The summed E-state index contributed by atoms with van der Waals surface area (Å²) in [6, 6.07) is 9.62. The van der Waals surface area contributed by atoms with Crippen LogP contribution in [0.5, 0.6) is 0 Å². The fourth-order valence-electron chi connectivity index (χ4n) is 2.07. The normalized spacial score (nSPS) is 19.8. The molecule has 0 aromatic heterocycles. The summed E-state index contributed by atoms with van der Waals surface area (Å²) in [6.07, 6.45) is 1.82. The van der Waals surface area contributed by atoms with E-state index in [0.717, 1.165) is 23.9 Å². The van der Waals surface area contributed by atoms with Gasteiger partial charge in [-0.3, -0.25) is 4.79 Å². The van der Waals surface area contributed by atoms with E-state index in [9.17, 15) is 4.79 Å². The standard InChI is InChI=1S/C13H13BrN2O/c14-12-5-1-4-11(7-12)13(17)16-6-2-3-10(8-15)9-16/h1,4-5,7,10H,2-3,6,9H2. The Morgan fingerprint density at radius 2 is 2.35 bits per heavy atom. The topological polar surface area (TPSA) is 44.1 Å². The van der Waals surface area contributed by atoms with Crippen molar-refractivity contribution in [3.8, 4) is 6.07 Å². The van der Waals surface area contributed by atoms with Gasteiger partial charge >= 0.3 is 0 Å². The molecule has 4 heteroatoms. The van der Waals surface area contributed by atoms with Gasteiger partial charge in [-0.1, -0.05) is 22.0 Å². The first-order chi connectivity index (χ1) is 8.20. The number of likely N-dealkylation sites (tertiary alicyclic amines) is 1. The van der Waals surface area contributed by atoms with Gasteiger partial charge in [0, 0.05) is 23.1 Å². The Labute approximate surface area is 109 Å². The van der Waals surface area contributed by atoms with Crippen LogP contribution in [0.4, 0.5) is 0 Å². The molecule has 0 bridgehead atoms. The van der Waals surface area contributed by atoms with E-state index in [2.05, 4.69) is 22.0 Å². The maximum atomic E-state index is 12.2. The summed E-state index contributed by atoms with van der Waals surface area (Å²) in [6.45, 7) is 1.31. The average molecular weight is 293 g/mol. The minimum absolute atomic E-state index is 0.0140. The third kappa shape index (κ3) is 2.86. The van der Waals surface area contributed by atoms with Gasteiger partial charge in [-0.15, -0.1) is 0 Å². The minimum Gasteiger partial charge on any atom is -0.337 e. The SMILES string of the molecule is N#CC1CCCN(C(=O)c2cccc(Br)c2)C1. The lowest BCUT2D eigenvalue weighted by molar-refractivity contribution is 0.0698. The predicted molar refractivity (Wildman–Crippen MR) is 68.4 cm³/mol. The smallest absolute Gasteiger partial charge is 0.253 e. The van der Waals surface area contributed by atoms with Gasteiger partial charge in [0.1, 0.15) is 0 Å². The van der Waals surface area contributed by atoms with Gasteiger partial charge < -0.3 is 4.90 Å². The Morgan fingerprint density at radius 1 is 1.53 bits per heavy atom. The first kappa shape index (κ1) is 12.1. The largest absolute Gasteiger partial charge is 0.337 e. The molecule has 2 rings (SSSR count). The van der Waals surface area contributed by atoms with Crippen LogP contribution in [0.15, 0.2) is 28.7 Å². The molecule has 3 nitrogen and oxygen atoms in total. The van der Waals surface area contributed by atoms with Crippen LogP contribution in [-0.2, 0) is 0 Å². The second kappa shape index (κ2) is 5.33. The molecule has 88 valence electrons. The molecule has 1 saturated heterocycles. The maximum Gasteiger partial charge on any atom is 0.253 e. The van der Waals surface area contributed by atoms with Gasteiger partial charge in [0.05, 0.1) is 12.0 Å². The van der Waals surface area contributed by atoms with Crippen LogP contribution in [0.3, 0.4) is 0 Å². The molecule has 0 aliphatic carbocycles. The fourth-order valence-corrected chi connectivity index (χ4v) is 2.47. The van der Waals surface area contributed by atoms with Crippen molar-refractivity contribution in [3.63, 3.8) is 0 Å². The molecule has 17 heavy (non-hydrogen) atoms. The predicted octanol–water partition coefficient (Wildman–Crippen LogP) is 2.82. The van der Waals surface area contributed by atoms with Crippen LogP contribution in [0.1, 0.15) is 23.2 Å². The quantitative estimate of drug-likeness (QED) is 0.799. The highest BCUT2D eigenvalue weighted by atomic mass is 79.9. The van der Waals surface area contributed by atoms with Gasteiger partial charge in [0.15, 0.2) is 0 Å². The zero-order valence-electron chi connectivity index (χ0n) is 9.40. The van der Waals surface area contributed by atoms with E-state index in [1.54, 1.807) is 4.90 Å². The first-order valence-electron chi connectivity index (χ1n) is 5.65. The van der Waals surface area contributed by atoms with Crippen molar-refractivity contribution in [3.05, 3.63) is 34.3 Å². The lowest BCUT2D eigenvalue weighted by Gasteiger charge is -2.29. The van der Waals surface area contributed by atoms with Crippen LogP contribution in [0, 0.1) is 17.2 Å². The number of nitrogens with zero attached hydrogens (tertiary/aromatic N) is 2. The van der Waals surface area contributed by atoms with Crippen molar-refractivity contribution in [1.82, 2.24) is 4.90 Å². The molecule has 1 fully saturated rings. The summed E-state index contributed by atoms with van der Waals surface area (Å²) >= 11 is 3.36. The highest BCUT2D eigenvalue weighted by Crippen LogP contribution is 2.19. The van der Waals surface area contributed by atoms with E-state index in [0.29, 0.717) is 12.1 Å². The molecule has 1 aliphatic heterocycles. The molecule has 0 radical (unpaired) electrons. The lowest BCUT2D eigenvalue weighted by atomic mass is 9.99. The van der Waals surface area contributed by atoms with Crippen LogP contribution >= 0.6 is 15.9 Å². The van der Waals surface area contributed by atoms with Crippen molar-refractivity contribution in [2.24, 2.45) is 5.92 Å². The van der Waals surface area contributed by atoms with E-state index in [1.807, 2.05) is 24.3 Å². The van der Waals surface area contributed by atoms with Crippen LogP contribution in [0.25, 0.3) is 0 Å². The molecule has 0 saturated carbocycles.